The molecule has 0 heterocycles. The van der Waals surface area contributed by atoms with Crippen LogP contribution in [0.4, 0.5) is 5.69 Å². The van der Waals surface area contributed by atoms with Gasteiger partial charge in [-0.1, -0.05) is 11.6 Å². The summed E-state index contributed by atoms with van der Waals surface area (Å²) < 4.78 is 0. The Labute approximate surface area is 98.2 Å². The minimum Gasteiger partial charge on any atom is -0.480 e. The van der Waals surface area contributed by atoms with Crippen molar-refractivity contribution in [2.24, 2.45) is 0 Å². The smallest absolute Gasteiger partial charge is 0.325 e. The van der Waals surface area contributed by atoms with E-state index in [1.165, 1.54) is 13.8 Å². The van der Waals surface area contributed by atoms with Crippen molar-refractivity contribution in [2.75, 3.05) is 5.32 Å². The van der Waals surface area contributed by atoms with Gasteiger partial charge >= 0.3 is 5.97 Å². The minimum atomic E-state index is -0.982. The molecule has 0 aromatic heterocycles. The van der Waals surface area contributed by atoms with Crippen LogP contribution in [0.3, 0.4) is 0 Å². The maximum atomic E-state index is 11.1. The second-order valence-electron chi connectivity index (χ2n) is 3.46. The lowest BCUT2D eigenvalue weighted by atomic mass is 10.1. The normalized spacial score (nSPS) is 11.9. The van der Waals surface area contributed by atoms with Gasteiger partial charge in [0.2, 0.25) is 0 Å². The molecule has 0 fully saturated rings. The molecule has 2 N–H and O–H groups in total. The van der Waals surface area contributed by atoms with Gasteiger partial charge in [0.1, 0.15) is 6.04 Å². The third-order valence-corrected chi connectivity index (χ3v) is 2.44. The first-order valence-electron chi connectivity index (χ1n) is 4.71. The van der Waals surface area contributed by atoms with Crippen molar-refractivity contribution >= 4 is 29.0 Å². The number of rotatable bonds is 4. The fourth-order valence-electron chi connectivity index (χ4n) is 1.15. The van der Waals surface area contributed by atoms with E-state index in [9.17, 15) is 9.59 Å². The molecule has 0 aliphatic rings. The van der Waals surface area contributed by atoms with Gasteiger partial charge in [-0.15, -0.1) is 0 Å². The van der Waals surface area contributed by atoms with E-state index in [-0.39, 0.29) is 5.78 Å². The number of nitrogens with one attached hydrogen (secondary N) is 1. The van der Waals surface area contributed by atoms with Crippen molar-refractivity contribution in [1.29, 1.82) is 0 Å². The molecule has 0 saturated carbocycles. The van der Waals surface area contributed by atoms with E-state index in [2.05, 4.69) is 5.32 Å². The highest BCUT2D eigenvalue weighted by molar-refractivity contribution is 6.33. The van der Waals surface area contributed by atoms with Gasteiger partial charge in [-0.05, 0) is 32.0 Å². The third-order valence-electron chi connectivity index (χ3n) is 2.12. The van der Waals surface area contributed by atoms with E-state index >= 15 is 0 Å². The van der Waals surface area contributed by atoms with Crippen molar-refractivity contribution in [3.05, 3.63) is 28.8 Å². The number of carboxylic acids is 1. The van der Waals surface area contributed by atoms with Crippen molar-refractivity contribution in [3.8, 4) is 0 Å². The molecule has 0 saturated heterocycles. The standard InChI is InChI=1S/C11H12ClNO3/c1-6(11(15)16)13-10-5-8(7(2)14)3-4-9(10)12/h3-6,13H,1-2H3,(H,15,16). The van der Waals surface area contributed by atoms with Crippen LogP contribution in [0.25, 0.3) is 0 Å². The molecule has 0 bridgehead atoms. The van der Waals surface area contributed by atoms with Gasteiger partial charge in [0.15, 0.2) is 5.78 Å². The number of carboxylic acid groups (broad SMARTS) is 1. The Kier molecular flexibility index (Phi) is 3.90. The summed E-state index contributed by atoms with van der Waals surface area (Å²) in [5, 5.41) is 11.8. The summed E-state index contributed by atoms with van der Waals surface area (Å²) in [7, 11) is 0. The Bertz CT molecular complexity index is 431. The number of ketones is 1. The lowest BCUT2D eigenvalue weighted by Gasteiger charge is -2.12. The van der Waals surface area contributed by atoms with Gasteiger partial charge in [-0.2, -0.15) is 0 Å². The van der Waals surface area contributed by atoms with Gasteiger partial charge in [0.05, 0.1) is 10.7 Å². The van der Waals surface area contributed by atoms with E-state index < -0.39 is 12.0 Å². The molecule has 1 rings (SSSR count). The number of anilines is 1. The second-order valence-corrected chi connectivity index (χ2v) is 3.86. The molecular weight excluding hydrogens is 230 g/mol. The SMILES string of the molecule is CC(=O)c1ccc(Cl)c(NC(C)C(=O)O)c1. The van der Waals surface area contributed by atoms with Crippen LogP contribution in [0.1, 0.15) is 24.2 Å². The molecule has 4 nitrogen and oxygen atoms in total. The maximum absolute atomic E-state index is 11.1. The minimum absolute atomic E-state index is 0.0947. The summed E-state index contributed by atoms with van der Waals surface area (Å²) >= 11 is 5.88. The van der Waals surface area contributed by atoms with Gasteiger partial charge in [0.25, 0.3) is 0 Å². The molecule has 86 valence electrons. The molecule has 0 amide bonds. The molecule has 0 radical (unpaired) electrons. The lowest BCUT2D eigenvalue weighted by molar-refractivity contribution is -0.137. The predicted octanol–water partition coefficient (Wildman–Crippen LogP) is 2.43. The van der Waals surface area contributed by atoms with Crippen molar-refractivity contribution in [2.45, 2.75) is 19.9 Å². The van der Waals surface area contributed by atoms with E-state index in [1.807, 2.05) is 0 Å². The molecule has 0 aliphatic carbocycles. The highest BCUT2D eigenvalue weighted by Crippen LogP contribution is 2.24. The summed E-state index contributed by atoms with van der Waals surface area (Å²) in [5.74, 6) is -1.08. The second kappa shape index (κ2) is 4.99. The van der Waals surface area contributed by atoms with E-state index in [1.54, 1.807) is 18.2 Å². The highest BCUT2D eigenvalue weighted by Gasteiger charge is 2.13. The third kappa shape index (κ3) is 2.97. The van der Waals surface area contributed by atoms with Gasteiger partial charge < -0.3 is 10.4 Å². The first kappa shape index (κ1) is 12.5. The molecule has 5 heteroatoms. The quantitative estimate of drug-likeness (QED) is 0.795. The Balaban J connectivity index is 2.98. The van der Waals surface area contributed by atoms with E-state index in [0.29, 0.717) is 16.3 Å². The maximum Gasteiger partial charge on any atom is 0.325 e. The number of carbonyl (C=O) groups excluding carboxylic acids is 1. The van der Waals surface area contributed by atoms with Gasteiger partial charge in [0, 0.05) is 5.56 Å². The van der Waals surface area contributed by atoms with Gasteiger partial charge in [-0.25, -0.2) is 0 Å². The largest absolute Gasteiger partial charge is 0.480 e. The fourth-order valence-corrected chi connectivity index (χ4v) is 1.32. The van der Waals surface area contributed by atoms with Crippen LogP contribution in [0.2, 0.25) is 5.02 Å². The number of aliphatic carboxylic acids is 1. The van der Waals surface area contributed by atoms with Gasteiger partial charge in [-0.3, -0.25) is 9.59 Å². The van der Waals surface area contributed by atoms with Crippen molar-refractivity contribution < 1.29 is 14.7 Å². The Morgan fingerprint density at radius 1 is 1.44 bits per heavy atom. The zero-order valence-electron chi connectivity index (χ0n) is 8.95. The molecule has 0 spiro atoms. The summed E-state index contributed by atoms with van der Waals surface area (Å²) in [6.45, 7) is 2.94. The summed E-state index contributed by atoms with van der Waals surface area (Å²) in [5.41, 5.74) is 0.939. The summed E-state index contributed by atoms with van der Waals surface area (Å²) in [6.07, 6.45) is 0. The number of hydrogen-bond donors (Lipinski definition) is 2. The Morgan fingerprint density at radius 3 is 2.56 bits per heavy atom. The molecule has 1 aromatic rings. The average Bonchev–Trinajstić information content (AvgIpc) is 2.20. The zero-order valence-corrected chi connectivity index (χ0v) is 9.71. The molecular formula is C11H12ClNO3. The van der Waals surface area contributed by atoms with Crippen LogP contribution in [0, 0.1) is 0 Å². The first-order valence-corrected chi connectivity index (χ1v) is 5.09. The van der Waals surface area contributed by atoms with Crippen LogP contribution in [0.5, 0.6) is 0 Å². The number of carbonyl (C=O) groups is 2. The van der Waals surface area contributed by atoms with Crippen LogP contribution in [-0.2, 0) is 4.79 Å². The van der Waals surface area contributed by atoms with Crippen molar-refractivity contribution in [3.63, 3.8) is 0 Å². The van der Waals surface area contributed by atoms with E-state index in [4.69, 9.17) is 16.7 Å². The monoisotopic (exact) mass is 241 g/mol. The molecule has 1 unspecified atom stereocenters. The first-order chi connectivity index (χ1) is 7.41. The number of benzene rings is 1. The highest BCUT2D eigenvalue weighted by atomic mass is 35.5. The van der Waals surface area contributed by atoms with Crippen LogP contribution < -0.4 is 5.32 Å². The van der Waals surface area contributed by atoms with E-state index in [0.717, 1.165) is 0 Å². The number of hydrogen-bond acceptors (Lipinski definition) is 3. The van der Waals surface area contributed by atoms with Crippen molar-refractivity contribution in [1.82, 2.24) is 0 Å². The number of halogens is 1. The Morgan fingerprint density at radius 2 is 2.06 bits per heavy atom. The molecule has 0 aliphatic heterocycles. The lowest BCUT2D eigenvalue weighted by Crippen LogP contribution is -2.25. The predicted molar refractivity (Wildman–Crippen MR) is 62.2 cm³/mol. The summed E-state index contributed by atoms with van der Waals surface area (Å²) in [4.78, 5) is 21.8. The molecule has 1 atom stereocenters. The summed E-state index contributed by atoms with van der Waals surface area (Å²) in [6, 6.07) is 3.94. The van der Waals surface area contributed by atoms with Crippen LogP contribution in [0.15, 0.2) is 18.2 Å². The topological polar surface area (TPSA) is 66.4 Å². The van der Waals surface area contributed by atoms with Crippen LogP contribution in [-0.4, -0.2) is 22.9 Å². The van der Waals surface area contributed by atoms with Crippen LogP contribution >= 0.6 is 11.6 Å². The fraction of sp³-hybridized carbons (Fsp3) is 0.273. The molecule has 1 aromatic carbocycles. The average molecular weight is 242 g/mol. The molecule has 16 heavy (non-hydrogen) atoms. The Hall–Kier alpha value is -1.55. The number of Topliss-reactive ketones (excluding diaryl/α,β-unsaturated/α-hetero) is 1. The zero-order chi connectivity index (χ0) is 12.3.